The van der Waals surface area contributed by atoms with E-state index in [4.69, 9.17) is 4.74 Å². The third-order valence-electron chi connectivity index (χ3n) is 6.10. The molecule has 0 saturated carbocycles. The minimum absolute atomic E-state index is 0.0209. The number of hydrogen-bond donors (Lipinski definition) is 2. The summed E-state index contributed by atoms with van der Waals surface area (Å²) in [4.78, 5) is 6.73. The Kier molecular flexibility index (Phi) is 7.88. The van der Waals surface area contributed by atoms with Gasteiger partial charge in [-0.2, -0.15) is 0 Å². The summed E-state index contributed by atoms with van der Waals surface area (Å²) in [5.74, 6) is 0.915. The first-order chi connectivity index (χ1) is 14.5. The van der Waals surface area contributed by atoms with E-state index in [1.807, 2.05) is 7.05 Å². The highest BCUT2D eigenvalue weighted by Gasteiger charge is 2.34. The van der Waals surface area contributed by atoms with E-state index in [0.29, 0.717) is 0 Å². The van der Waals surface area contributed by atoms with Crippen LogP contribution in [0.4, 0.5) is 0 Å². The first-order valence-corrected chi connectivity index (χ1v) is 10.9. The molecule has 2 aromatic carbocycles. The van der Waals surface area contributed by atoms with Gasteiger partial charge in [0.05, 0.1) is 0 Å². The predicted molar refractivity (Wildman–Crippen MR) is 125 cm³/mol. The first kappa shape index (κ1) is 22.3. The van der Waals surface area contributed by atoms with Crippen LogP contribution < -0.4 is 10.6 Å². The largest absolute Gasteiger partial charge is 0.381 e. The van der Waals surface area contributed by atoms with Gasteiger partial charge in [-0.05, 0) is 43.4 Å². The standard InChI is InChI=1S/C25H36N4O/c1-20-10-8-9-13-23(20)18-29(4)24(26-3)27-19-25(14-16-30-17-15-25)28-21(2)22-11-6-5-7-12-22/h5-13,21,28H,14-19H2,1-4H3,(H,26,27). The van der Waals surface area contributed by atoms with E-state index in [1.54, 1.807) is 0 Å². The molecule has 5 nitrogen and oxygen atoms in total. The molecule has 30 heavy (non-hydrogen) atoms. The third-order valence-corrected chi connectivity index (χ3v) is 6.10. The van der Waals surface area contributed by atoms with Gasteiger partial charge in [-0.25, -0.2) is 0 Å². The van der Waals surface area contributed by atoms with E-state index in [9.17, 15) is 0 Å². The molecule has 0 spiro atoms. The number of guanidine groups is 1. The molecule has 1 fully saturated rings. The van der Waals surface area contributed by atoms with Gasteiger partial charge in [0.25, 0.3) is 0 Å². The lowest BCUT2D eigenvalue weighted by molar-refractivity contribution is 0.0353. The average molecular weight is 409 g/mol. The zero-order valence-electron chi connectivity index (χ0n) is 18.8. The summed E-state index contributed by atoms with van der Waals surface area (Å²) >= 11 is 0. The number of rotatable bonds is 7. The smallest absolute Gasteiger partial charge is 0.193 e. The summed E-state index contributed by atoms with van der Waals surface area (Å²) in [5.41, 5.74) is 3.91. The second kappa shape index (κ2) is 10.6. The van der Waals surface area contributed by atoms with E-state index >= 15 is 0 Å². The minimum Gasteiger partial charge on any atom is -0.381 e. The molecular formula is C25H36N4O. The Bertz CT molecular complexity index is 815. The molecular weight excluding hydrogens is 372 g/mol. The van der Waals surface area contributed by atoms with E-state index in [1.165, 1.54) is 16.7 Å². The normalized spacial score (nSPS) is 17.4. The summed E-state index contributed by atoms with van der Waals surface area (Å²) in [6, 6.07) is 19.4. The Morgan fingerprint density at radius 1 is 1.10 bits per heavy atom. The molecule has 1 aliphatic heterocycles. The van der Waals surface area contributed by atoms with Crippen molar-refractivity contribution in [2.75, 3.05) is 33.9 Å². The van der Waals surface area contributed by atoms with E-state index < -0.39 is 0 Å². The van der Waals surface area contributed by atoms with Crippen LogP contribution in [0.1, 0.15) is 42.5 Å². The van der Waals surface area contributed by atoms with Gasteiger partial charge in [0.1, 0.15) is 0 Å². The molecule has 0 radical (unpaired) electrons. The zero-order valence-corrected chi connectivity index (χ0v) is 18.8. The summed E-state index contributed by atoms with van der Waals surface area (Å²) in [5, 5.41) is 7.54. The molecule has 3 rings (SSSR count). The second-order valence-corrected chi connectivity index (χ2v) is 8.35. The van der Waals surface area contributed by atoms with Crippen molar-refractivity contribution >= 4 is 5.96 Å². The monoisotopic (exact) mass is 408 g/mol. The quantitative estimate of drug-likeness (QED) is 0.539. The molecule has 2 N–H and O–H groups in total. The summed E-state index contributed by atoms with van der Waals surface area (Å²) in [6.45, 7) is 7.62. The van der Waals surface area contributed by atoms with Crippen LogP contribution in [0, 0.1) is 6.92 Å². The number of aliphatic imine (C=N–C) groups is 1. The van der Waals surface area contributed by atoms with Crippen LogP contribution in [0.2, 0.25) is 0 Å². The maximum Gasteiger partial charge on any atom is 0.193 e. The fourth-order valence-electron chi connectivity index (χ4n) is 4.17. The Balaban J connectivity index is 1.66. The first-order valence-electron chi connectivity index (χ1n) is 10.9. The lowest BCUT2D eigenvalue weighted by atomic mass is 9.88. The van der Waals surface area contributed by atoms with Gasteiger partial charge in [0.2, 0.25) is 0 Å². The topological polar surface area (TPSA) is 48.9 Å². The number of nitrogens with one attached hydrogen (secondary N) is 2. The van der Waals surface area contributed by atoms with Gasteiger partial charge in [0.15, 0.2) is 5.96 Å². The van der Waals surface area contributed by atoms with Gasteiger partial charge >= 0.3 is 0 Å². The highest BCUT2D eigenvalue weighted by Crippen LogP contribution is 2.25. The lowest BCUT2D eigenvalue weighted by Gasteiger charge is -2.41. The molecule has 0 aromatic heterocycles. The van der Waals surface area contributed by atoms with Crippen molar-refractivity contribution in [1.29, 1.82) is 0 Å². The zero-order chi connectivity index (χ0) is 21.4. The Morgan fingerprint density at radius 2 is 1.77 bits per heavy atom. The number of aryl methyl sites for hydroxylation is 1. The fraction of sp³-hybridized carbons (Fsp3) is 0.480. The summed E-state index contributed by atoms with van der Waals surface area (Å²) in [7, 11) is 3.95. The molecule has 1 unspecified atom stereocenters. The molecule has 0 bridgehead atoms. The van der Waals surface area contributed by atoms with Crippen molar-refractivity contribution in [2.24, 2.45) is 4.99 Å². The average Bonchev–Trinajstić information content (AvgIpc) is 2.77. The van der Waals surface area contributed by atoms with Crippen molar-refractivity contribution in [3.8, 4) is 0 Å². The van der Waals surface area contributed by atoms with Crippen molar-refractivity contribution in [1.82, 2.24) is 15.5 Å². The Morgan fingerprint density at radius 3 is 2.43 bits per heavy atom. The van der Waals surface area contributed by atoms with Crippen molar-refractivity contribution in [3.63, 3.8) is 0 Å². The minimum atomic E-state index is -0.0209. The van der Waals surface area contributed by atoms with Crippen LogP contribution in [0.3, 0.4) is 0 Å². The van der Waals surface area contributed by atoms with E-state index in [0.717, 1.165) is 45.1 Å². The summed E-state index contributed by atoms with van der Waals surface area (Å²) in [6.07, 6.45) is 1.96. The van der Waals surface area contributed by atoms with Gasteiger partial charge in [-0.15, -0.1) is 0 Å². The SMILES string of the molecule is CN=C(NCC1(NC(C)c2ccccc2)CCOCC1)N(C)Cc1ccccc1C. The van der Waals surface area contributed by atoms with Crippen LogP contribution in [-0.4, -0.2) is 50.3 Å². The molecule has 0 aliphatic carbocycles. The van der Waals surface area contributed by atoms with Gasteiger partial charge in [0, 0.05) is 52.0 Å². The van der Waals surface area contributed by atoms with Crippen LogP contribution >= 0.6 is 0 Å². The molecule has 162 valence electrons. The number of ether oxygens (including phenoxy) is 1. The van der Waals surface area contributed by atoms with Crippen molar-refractivity contribution in [2.45, 2.75) is 44.8 Å². The van der Waals surface area contributed by atoms with Gasteiger partial charge in [-0.1, -0.05) is 54.6 Å². The fourth-order valence-corrected chi connectivity index (χ4v) is 4.17. The highest BCUT2D eigenvalue weighted by molar-refractivity contribution is 5.79. The van der Waals surface area contributed by atoms with E-state index in [2.05, 4.69) is 96.0 Å². The van der Waals surface area contributed by atoms with Crippen LogP contribution in [0.15, 0.2) is 59.6 Å². The Labute approximate surface area is 181 Å². The molecule has 1 aliphatic rings. The van der Waals surface area contributed by atoms with Crippen LogP contribution in [-0.2, 0) is 11.3 Å². The second-order valence-electron chi connectivity index (χ2n) is 8.35. The number of benzene rings is 2. The van der Waals surface area contributed by atoms with Gasteiger partial charge < -0.3 is 20.3 Å². The maximum atomic E-state index is 5.68. The highest BCUT2D eigenvalue weighted by atomic mass is 16.5. The summed E-state index contributed by atoms with van der Waals surface area (Å²) < 4.78 is 5.68. The maximum absolute atomic E-state index is 5.68. The number of nitrogens with zero attached hydrogens (tertiary/aromatic N) is 2. The molecule has 0 amide bonds. The predicted octanol–water partition coefficient (Wildman–Crippen LogP) is 3.90. The van der Waals surface area contributed by atoms with Gasteiger partial charge in [-0.3, -0.25) is 4.99 Å². The molecule has 5 heteroatoms. The molecule has 1 heterocycles. The molecule has 1 saturated heterocycles. The van der Waals surface area contributed by atoms with Crippen LogP contribution in [0.5, 0.6) is 0 Å². The Hall–Kier alpha value is -2.37. The van der Waals surface area contributed by atoms with Crippen molar-refractivity contribution < 1.29 is 4.74 Å². The molecule has 2 aromatic rings. The van der Waals surface area contributed by atoms with Crippen LogP contribution in [0.25, 0.3) is 0 Å². The third kappa shape index (κ3) is 5.83. The van der Waals surface area contributed by atoms with Crippen molar-refractivity contribution in [3.05, 3.63) is 71.3 Å². The number of hydrogen-bond acceptors (Lipinski definition) is 3. The lowest BCUT2D eigenvalue weighted by Crippen LogP contribution is -2.58. The molecule has 1 atom stereocenters. The van der Waals surface area contributed by atoms with E-state index in [-0.39, 0.29) is 11.6 Å².